The highest BCUT2D eigenvalue weighted by molar-refractivity contribution is 5.32. The Morgan fingerprint density at radius 3 is 2.50 bits per heavy atom. The average Bonchev–Trinajstić information content (AvgIpc) is 2.46. The Morgan fingerprint density at radius 1 is 1.25 bits per heavy atom. The molecule has 1 fully saturated rings. The molecule has 1 saturated carbocycles. The van der Waals surface area contributed by atoms with Gasteiger partial charge < -0.3 is 5.11 Å². The van der Waals surface area contributed by atoms with E-state index in [1.165, 1.54) is 6.07 Å². The first kappa shape index (κ1) is 11.6. The first-order valence-electron chi connectivity index (χ1n) is 5.86. The quantitative estimate of drug-likeness (QED) is 0.770. The van der Waals surface area contributed by atoms with Crippen LogP contribution in [0.4, 0.5) is 4.39 Å². The molecule has 1 aliphatic rings. The van der Waals surface area contributed by atoms with Crippen LogP contribution in [0.3, 0.4) is 0 Å². The molecule has 0 radical (unpaired) electrons. The van der Waals surface area contributed by atoms with Crippen LogP contribution in [-0.2, 0) is 5.60 Å². The van der Waals surface area contributed by atoms with E-state index in [2.05, 4.69) is 0 Å². The van der Waals surface area contributed by atoms with Crippen LogP contribution in [0.5, 0.6) is 0 Å². The monoisotopic (exact) mass is 222 g/mol. The maximum absolute atomic E-state index is 13.9. The molecule has 1 atom stereocenters. The lowest BCUT2D eigenvalue weighted by Gasteiger charge is -2.37. The van der Waals surface area contributed by atoms with E-state index in [0.717, 1.165) is 18.4 Å². The van der Waals surface area contributed by atoms with Crippen molar-refractivity contribution in [1.82, 2.24) is 0 Å². The van der Waals surface area contributed by atoms with Crippen molar-refractivity contribution in [1.29, 1.82) is 0 Å². The lowest BCUT2D eigenvalue weighted by Crippen LogP contribution is -2.37. The highest BCUT2D eigenvalue weighted by Crippen LogP contribution is 2.52. The number of hydrogen-bond acceptors (Lipinski definition) is 1. The fourth-order valence-electron chi connectivity index (χ4n) is 2.79. The van der Waals surface area contributed by atoms with E-state index in [-0.39, 0.29) is 11.2 Å². The van der Waals surface area contributed by atoms with Gasteiger partial charge in [0.25, 0.3) is 0 Å². The van der Waals surface area contributed by atoms with Crippen LogP contribution in [0.2, 0.25) is 0 Å². The van der Waals surface area contributed by atoms with Gasteiger partial charge in [-0.05, 0) is 37.7 Å². The minimum absolute atomic E-state index is 0.248. The molecule has 1 nitrogen and oxygen atoms in total. The first-order valence-corrected chi connectivity index (χ1v) is 5.86. The highest BCUT2D eigenvalue weighted by Gasteiger charge is 2.49. The third kappa shape index (κ3) is 1.56. The van der Waals surface area contributed by atoms with Crippen LogP contribution in [0.15, 0.2) is 18.2 Å². The van der Waals surface area contributed by atoms with Crippen LogP contribution in [-0.4, -0.2) is 5.11 Å². The summed E-state index contributed by atoms with van der Waals surface area (Å²) in [5.74, 6) is -0.289. The second kappa shape index (κ2) is 3.56. The fraction of sp³-hybridized carbons (Fsp3) is 0.571. The smallest absolute Gasteiger partial charge is 0.129 e. The molecule has 1 aromatic rings. The maximum atomic E-state index is 13.9. The van der Waals surface area contributed by atoms with Gasteiger partial charge in [-0.25, -0.2) is 4.39 Å². The zero-order valence-electron chi connectivity index (χ0n) is 10.2. The number of halogens is 1. The number of aryl methyl sites for hydroxylation is 1. The van der Waals surface area contributed by atoms with Crippen molar-refractivity contribution < 1.29 is 9.50 Å². The zero-order chi connectivity index (χ0) is 12.0. The van der Waals surface area contributed by atoms with Crippen molar-refractivity contribution in [3.8, 4) is 0 Å². The van der Waals surface area contributed by atoms with E-state index in [0.29, 0.717) is 12.0 Å². The van der Waals surface area contributed by atoms with Gasteiger partial charge in [-0.3, -0.25) is 0 Å². The Bertz CT molecular complexity index is 411. The summed E-state index contributed by atoms with van der Waals surface area (Å²) in [6, 6.07) is 4.98. The van der Waals surface area contributed by atoms with Gasteiger partial charge in [0, 0.05) is 5.56 Å². The lowest BCUT2D eigenvalue weighted by molar-refractivity contribution is -0.0512. The number of benzene rings is 1. The molecule has 16 heavy (non-hydrogen) atoms. The highest BCUT2D eigenvalue weighted by atomic mass is 19.1. The Labute approximate surface area is 96.3 Å². The van der Waals surface area contributed by atoms with Crippen LogP contribution >= 0.6 is 0 Å². The molecule has 1 unspecified atom stereocenters. The summed E-state index contributed by atoms with van der Waals surface area (Å²) < 4.78 is 13.9. The minimum atomic E-state index is -1.01. The van der Waals surface area contributed by atoms with Gasteiger partial charge >= 0.3 is 0 Å². The second-order valence-corrected chi connectivity index (χ2v) is 5.58. The summed E-state index contributed by atoms with van der Waals surface area (Å²) in [5.41, 5.74) is 0.201. The molecule has 0 amide bonds. The van der Waals surface area contributed by atoms with E-state index in [4.69, 9.17) is 0 Å². The Morgan fingerprint density at radius 2 is 1.94 bits per heavy atom. The molecule has 2 heteroatoms. The molecule has 2 rings (SSSR count). The standard InChI is InChI=1S/C14H19FO/c1-10-5-6-12(15)11(9-10)14(16)8-4-7-13(14,2)3/h5-6,9,16H,4,7-8H2,1-3H3. The van der Waals surface area contributed by atoms with Crippen LogP contribution in [0, 0.1) is 18.2 Å². The summed E-state index contributed by atoms with van der Waals surface area (Å²) in [5, 5.41) is 10.8. The van der Waals surface area contributed by atoms with Gasteiger partial charge in [0.05, 0.1) is 5.60 Å². The number of rotatable bonds is 1. The number of aliphatic hydroxyl groups is 1. The second-order valence-electron chi connectivity index (χ2n) is 5.58. The molecule has 0 saturated heterocycles. The molecule has 1 aromatic carbocycles. The van der Waals surface area contributed by atoms with E-state index in [9.17, 15) is 9.50 Å². The minimum Gasteiger partial charge on any atom is -0.384 e. The van der Waals surface area contributed by atoms with Crippen LogP contribution in [0.25, 0.3) is 0 Å². The normalized spacial score (nSPS) is 28.3. The summed E-state index contributed by atoms with van der Waals surface area (Å²) in [7, 11) is 0. The van der Waals surface area contributed by atoms with Crippen molar-refractivity contribution in [3.63, 3.8) is 0 Å². The maximum Gasteiger partial charge on any atom is 0.129 e. The summed E-state index contributed by atoms with van der Waals surface area (Å²) >= 11 is 0. The molecule has 1 aliphatic carbocycles. The number of hydrogen-bond donors (Lipinski definition) is 1. The molecule has 0 spiro atoms. The molecule has 0 bridgehead atoms. The summed E-state index contributed by atoms with van der Waals surface area (Å²) in [4.78, 5) is 0. The van der Waals surface area contributed by atoms with Gasteiger partial charge in [0.2, 0.25) is 0 Å². The van der Waals surface area contributed by atoms with Crippen LogP contribution in [0.1, 0.15) is 44.2 Å². The molecule has 0 heterocycles. The summed E-state index contributed by atoms with van der Waals surface area (Å²) in [6.07, 6.45) is 2.55. The zero-order valence-corrected chi connectivity index (χ0v) is 10.2. The lowest BCUT2D eigenvalue weighted by atomic mass is 9.73. The molecule has 0 aromatic heterocycles. The SMILES string of the molecule is Cc1ccc(F)c(C2(O)CCCC2(C)C)c1. The Hall–Kier alpha value is -0.890. The van der Waals surface area contributed by atoms with E-state index in [1.807, 2.05) is 20.8 Å². The van der Waals surface area contributed by atoms with E-state index in [1.54, 1.807) is 12.1 Å². The van der Waals surface area contributed by atoms with Gasteiger partial charge in [-0.2, -0.15) is 0 Å². The molecule has 1 N–H and O–H groups in total. The predicted molar refractivity (Wildman–Crippen MR) is 62.7 cm³/mol. The van der Waals surface area contributed by atoms with Crippen molar-refractivity contribution in [3.05, 3.63) is 35.1 Å². The third-order valence-electron chi connectivity index (χ3n) is 4.03. The molecular formula is C14H19FO. The van der Waals surface area contributed by atoms with Gasteiger partial charge in [0.15, 0.2) is 0 Å². The molecular weight excluding hydrogens is 203 g/mol. The van der Waals surface area contributed by atoms with Crippen molar-refractivity contribution >= 4 is 0 Å². The van der Waals surface area contributed by atoms with E-state index < -0.39 is 5.60 Å². The Balaban J connectivity index is 2.55. The Kier molecular flexibility index (Phi) is 2.58. The topological polar surface area (TPSA) is 20.2 Å². The third-order valence-corrected chi connectivity index (χ3v) is 4.03. The van der Waals surface area contributed by atoms with Gasteiger partial charge in [-0.15, -0.1) is 0 Å². The fourth-order valence-corrected chi connectivity index (χ4v) is 2.79. The van der Waals surface area contributed by atoms with Crippen molar-refractivity contribution in [2.45, 2.75) is 45.6 Å². The van der Waals surface area contributed by atoms with E-state index >= 15 is 0 Å². The van der Waals surface area contributed by atoms with Gasteiger partial charge in [-0.1, -0.05) is 31.5 Å². The summed E-state index contributed by atoms with van der Waals surface area (Å²) in [6.45, 7) is 5.96. The average molecular weight is 222 g/mol. The van der Waals surface area contributed by atoms with Crippen LogP contribution < -0.4 is 0 Å². The predicted octanol–water partition coefficient (Wildman–Crippen LogP) is 3.53. The molecule has 0 aliphatic heterocycles. The first-order chi connectivity index (χ1) is 7.37. The van der Waals surface area contributed by atoms with Crippen molar-refractivity contribution in [2.24, 2.45) is 5.41 Å². The molecule has 88 valence electrons. The van der Waals surface area contributed by atoms with Crippen molar-refractivity contribution in [2.75, 3.05) is 0 Å². The van der Waals surface area contributed by atoms with Gasteiger partial charge in [0.1, 0.15) is 5.82 Å². The largest absolute Gasteiger partial charge is 0.384 e.